The topological polar surface area (TPSA) is 61.8 Å². The highest BCUT2D eigenvalue weighted by Gasteiger charge is 2.62. The SMILES string of the molecule is CCC(=O)O[C@H]1CC[C@H]2[C@@H]3CC[C@H]4CC(O[C@H]5CC[C@H]6[C@@H]7CCc8cc(OC(=O)c9ccccc9)ccc8[C@H]7CC[C@]56C)CC[C@]4(C)[C@H]3CC[C@]12C. The first kappa shape index (κ1) is 35.1. The Balaban J connectivity index is 0.830. The quantitative estimate of drug-likeness (QED) is 0.221. The lowest BCUT2D eigenvalue weighted by Crippen LogP contribution is -2.55. The van der Waals surface area contributed by atoms with Gasteiger partial charge in [-0.2, -0.15) is 0 Å². The van der Waals surface area contributed by atoms with Gasteiger partial charge in [0.15, 0.2) is 0 Å². The van der Waals surface area contributed by atoms with Crippen molar-refractivity contribution in [1.29, 1.82) is 0 Å². The monoisotopic (exact) mass is 706 g/mol. The lowest BCUT2D eigenvalue weighted by atomic mass is 9.45. The van der Waals surface area contributed by atoms with Crippen molar-refractivity contribution in [1.82, 2.24) is 0 Å². The molecule has 0 heterocycles. The van der Waals surface area contributed by atoms with Gasteiger partial charge in [-0.05, 0) is 184 Å². The Morgan fingerprint density at radius 1 is 0.712 bits per heavy atom. The fraction of sp³-hybridized carbons (Fsp3) is 0.702. The zero-order valence-corrected chi connectivity index (χ0v) is 32.2. The molecule has 13 atom stereocenters. The largest absolute Gasteiger partial charge is 0.462 e. The number of hydrogen-bond acceptors (Lipinski definition) is 5. The van der Waals surface area contributed by atoms with Crippen molar-refractivity contribution in [3.8, 4) is 5.75 Å². The molecule has 280 valence electrons. The molecule has 9 rings (SSSR count). The standard InChI is InChI=1S/C47H62O5/c1-5-43(48)52-42-20-18-39-37-15-12-31-28-33(21-24-45(31,2)40(37)23-26-47(39,42)4)50-41-19-17-38-36-14-11-30-27-32(51-44(49)29-9-7-6-8-10-29)13-16-34(30)35(36)22-25-46(38,41)3/h6-10,13,16,27,31,33,35-42H,5,11-12,14-15,17-26,28H2,1-4H3/t31-,33?,35+,36+,37-,38-,39-,40-,41-,42-,45-,46-,47-/m0/s1. The van der Waals surface area contributed by atoms with E-state index >= 15 is 0 Å². The predicted molar refractivity (Wildman–Crippen MR) is 203 cm³/mol. The van der Waals surface area contributed by atoms with E-state index in [4.69, 9.17) is 14.2 Å². The van der Waals surface area contributed by atoms with Gasteiger partial charge in [-0.25, -0.2) is 4.79 Å². The number of aryl methyl sites for hydroxylation is 1. The predicted octanol–water partition coefficient (Wildman–Crippen LogP) is 10.9. The van der Waals surface area contributed by atoms with E-state index in [0.717, 1.165) is 42.4 Å². The maximum atomic E-state index is 12.7. The van der Waals surface area contributed by atoms with Gasteiger partial charge in [-0.15, -0.1) is 0 Å². The van der Waals surface area contributed by atoms with E-state index < -0.39 is 0 Å². The van der Waals surface area contributed by atoms with Gasteiger partial charge in [0.25, 0.3) is 0 Å². The third kappa shape index (κ3) is 5.63. The van der Waals surface area contributed by atoms with Crippen LogP contribution in [0.15, 0.2) is 48.5 Å². The molecule has 0 radical (unpaired) electrons. The highest BCUT2D eigenvalue weighted by Crippen LogP contribution is 2.67. The van der Waals surface area contributed by atoms with E-state index in [9.17, 15) is 9.59 Å². The molecule has 0 aromatic heterocycles. The van der Waals surface area contributed by atoms with Crippen LogP contribution in [0.1, 0.15) is 151 Å². The van der Waals surface area contributed by atoms with Crippen molar-refractivity contribution < 1.29 is 23.8 Å². The summed E-state index contributed by atoms with van der Waals surface area (Å²) >= 11 is 0. The summed E-state index contributed by atoms with van der Waals surface area (Å²) in [5, 5.41) is 0. The number of carbonyl (C=O) groups is 2. The van der Waals surface area contributed by atoms with Crippen molar-refractivity contribution in [2.24, 2.45) is 51.8 Å². The van der Waals surface area contributed by atoms with Crippen LogP contribution >= 0.6 is 0 Å². The summed E-state index contributed by atoms with van der Waals surface area (Å²) in [5.41, 5.74) is 4.34. The molecule has 6 fully saturated rings. The van der Waals surface area contributed by atoms with Gasteiger partial charge in [-0.3, -0.25) is 4.79 Å². The Kier molecular flexibility index (Phi) is 8.95. The second kappa shape index (κ2) is 13.3. The van der Waals surface area contributed by atoms with Gasteiger partial charge in [0, 0.05) is 11.8 Å². The molecule has 0 amide bonds. The molecular formula is C47H62O5. The molecule has 6 saturated carbocycles. The summed E-state index contributed by atoms with van der Waals surface area (Å²) in [4.78, 5) is 25.0. The van der Waals surface area contributed by atoms with Crippen LogP contribution in [-0.4, -0.2) is 30.3 Å². The third-order valence-corrected chi connectivity index (χ3v) is 17.3. The van der Waals surface area contributed by atoms with Gasteiger partial charge < -0.3 is 14.2 Å². The van der Waals surface area contributed by atoms with Crippen molar-refractivity contribution in [3.05, 3.63) is 65.2 Å². The molecule has 1 unspecified atom stereocenters. The van der Waals surface area contributed by atoms with Crippen molar-refractivity contribution in [2.45, 2.75) is 155 Å². The number of fused-ring (bicyclic) bond motifs is 10. The van der Waals surface area contributed by atoms with Gasteiger partial charge in [0.2, 0.25) is 0 Å². The molecule has 0 aliphatic heterocycles. The van der Waals surface area contributed by atoms with Crippen LogP contribution in [0.5, 0.6) is 5.75 Å². The van der Waals surface area contributed by atoms with E-state index in [0.29, 0.717) is 47.2 Å². The summed E-state index contributed by atoms with van der Waals surface area (Å²) in [6, 6.07) is 15.7. The fourth-order valence-electron chi connectivity index (χ4n) is 14.5. The summed E-state index contributed by atoms with van der Waals surface area (Å²) in [5.74, 6) is 5.53. The number of ether oxygens (including phenoxy) is 3. The maximum Gasteiger partial charge on any atom is 0.343 e. The lowest BCUT2D eigenvalue weighted by molar-refractivity contribution is -0.171. The highest BCUT2D eigenvalue weighted by atomic mass is 16.5. The molecular weight excluding hydrogens is 645 g/mol. The van der Waals surface area contributed by atoms with E-state index in [1.165, 1.54) is 94.6 Å². The summed E-state index contributed by atoms with van der Waals surface area (Å²) < 4.78 is 19.2. The van der Waals surface area contributed by atoms with Crippen LogP contribution in [0.4, 0.5) is 0 Å². The smallest absolute Gasteiger partial charge is 0.343 e. The summed E-state index contributed by atoms with van der Waals surface area (Å²) in [6.07, 6.45) is 20.1. The normalized spacial score (nSPS) is 43.2. The second-order valence-corrected chi connectivity index (χ2v) is 19.3. The van der Waals surface area contributed by atoms with E-state index in [2.05, 4.69) is 32.9 Å². The minimum absolute atomic E-state index is 0.0124. The van der Waals surface area contributed by atoms with Crippen LogP contribution in [0.2, 0.25) is 0 Å². The van der Waals surface area contributed by atoms with Crippen LogP contribution in [0.3, 0.4) is 0 Å². The number of hydrogen-bond donors (Lipinski definition) is 0. The molecule has 0 N–H and O–H groups in total. The van der Waals surface area contributed by atoms with Gasteiger partial charge in [0.05, 0.1) is 17.8 Å². The molecule has 2 aromatic rings. The van der Waals surface area contributed by atoms with Gasteiger partial charge in [-0.1, -0.05) is 52.0 Å². The van der Waals surface area contributed by atoms with Gasteiger partial charge >= 0.3 is 11.9 Å². The van der Waals surface area contributed by atoms with Crippen molar-refractivity contribution >= 4 is 11.9 Å². The molecule has 0 bridgehead atoms. The van der Waals surface area contributed by atoms with Crippen molar-refractivity contribution in [3.63, 3.8) is 0 Å². The summed E-state index contributed by atoms with van der Waals surface area (Å²) in [7, 11) is 0. The van der Waals surface area contributed by atoms with Crippen LogP contribution in [0.25, 0.3) is 0 Å². The minimum Gasteiger partial charge on any atom is -0.462 e. The highest BCUT2D eigenvalue weighted by molar-refractivity contribution is 5.91. The average Bonchev–Trinajstić information content (AvgIpc) is 3.67. The Bertz CT molecular complexity index is 1670. The number of carbonyl (C=O) groups excluding carboxylic acids is 2. The second-order valence-electron chi connectivity index (χ2n) is 19.3. The zero-order chi connectivity index (χ0) is 35.8. The molecule has 5 heteroatoms. The Hall–Kier alpha value is -2.66. The zero-order valence-electron chi connectivity index (χ0n) is 32.2. The number of esters is 2. The van der Waals surface area contributed by atoms with Crippen LogP contribution in [-0.2, 0) is 20.7 Å². The molecule has 5 nitrogen and oxygen atoms in total. The molecule has 0 spiro atoms. The number of rotatable bonds is 6. The lowest BCUT2D eigenvalue weighted by Gasteiger charge is -2.61. The summed E-state index contributed by atoms with van der Waals surface area (Å²) in [6.45, 7) is 9.65. The van der Waals surface area contributed by atoms with Gasteiger partial charge in [0.1, 0.15) is 11.9 Å². The maximum absolute atomic E-state index is 12.7. The molecule has 7 aliphatic carbocycles. The Morgan fingerprint density at radius 3 is 2.23 bits per heavy atom. The minimum atomic E-state index is -0.286. The Labute approximate surface area is 312 Å². The van der Waals surface area contributed by atoms with Crippen LogP contribution < -0.4 is 4.74 Å². The van der Waals surface area contributed by atoms with Crippen molar-refractivity contribution in [2.75, 3.05) is 0 Å². The number of benzene rings is 2. The first-order chi connectivity index (χ1) is 25.1. The van der Waals surface area contributed by atoms with E-state index in [1.54, 1.807) is 0 Å². The van der Waals surface area contributed by atoms with E-state index in [-0.39, 0.29) is 28.9 Å². The Morgan fingerprint density at radius 2 is 1.42 bits per heavy atom. The fourth-order valence-corrected chi connectivity index (χ4v) is 14.5. The first-order valence-corrected chi connectivity index (χ1v) is 21.4. The third-order valence-electron chi connectivity index (χ3n) is 17.3. The molecule has 52 heavy (non-hydrogen) atoms. The van der Waals surface area contributed by atoms with E-state index in [1.807, 2.05) is 43.3 Å². The first-order valence-electron chi connectivity index (χ1n) is 21.4. The average molecular weight is 707 g/mol. The molecule has 0 saturated heterocycles. The molecule has 2 aromatic carbocycles. The molecule has 7 aliphatic rings. The van der Waals surface area contributed by atoms with Crippen LogP contribution in [0, 0.1) is 51.8 Å².